The molecule has 0 bridgehead atoms. The van der Waals surface area contributed by atoms with Crippen molar-refractivity contribution in [1.29, 1.82) is 5.41 Å². The fraction of sp³-hybridized carbons (Fsp3) is 0.154. The average molecular weight is 492 g/mol. The summed E-state index contributed by atoms with van der Waals surface area (Å²) in [4.78, 5) is 36.6. The third-order valence-electron chi connectivity index (χ3n) is 5.32. The highest BCUT2D eigenvalue weighted by Crippen LogP contribution is 2.21. The molecule has 0 aliphatic carbocycles. The van der Waals surface area contributed by atoms with Gasteiger partial charge in [0, 0.05) is 17.7 Å². The number of rotatable bonds is 11. The van der Waals surface area contributed by atoms with E-state index in [-0.39, 0.29) is 30.4 Å². The molecule has 36 heavy (non-hydrogen) atoms. The van der Waals surface area contributed by atoms with Crippen LogP contribution in [-0.2, 0) is 11.3 Å². The molecule has 1 amide bonds. The van der Waals surface area contributed by atoms with E-state index < -0.39 is 24.6 Å². The number of aliphatic hydroxyl groups is 1. The number of aromatic carboxylic acids is 1. The van der Waals surface area contributed by atoms with Crippen LogP contribution in [0.4, 0.5) is 0 Å². The van der Waals surface area contributed by atoms with Gasteiger partial charge in [0.15, 0.2) is 6.61 Å². The maximum Gasteiger partial charge on any atom is 0.341 e. The Morgan fingerprint density at radius 3 is 1.94 bits per heavy atom. The largest absolute Gasteiger partial charge is 0.482 e. The Labute approximate surface area is 206 Å². The van der Waals surface area contributed by atoms with Gasteiger partial charge in [0.25, 0.3) is 5.91 Å². The molecule has 0 aromatic heterocycles. The van der Waals surface area contributed by atoms with Crippen molar-refractivity contribution in [2.45, 2.75) is 12.6 Å². The van der Waals surface area contributed by atoms with E-state index >= 15 is 0 Å². The Morgan fingerprint density at radius 2 is 1.42 bits per heavy atom. The molecule has 0 saturated heterocycles. The third kappa shape index (κ3) is 6.90. The van der Waals surface area contributed by atoms with E-state index in [2.05, 4.69) is 0 Å². The fourth-order valence-electron chi connectivity index (χ4n) is 3.41. The monoisotopic (exact) mass is 491 g/mol. The van der Waals surface area contributed by atoms with Crippen LogP contribution in [-0.4, -0.2) is 57.1 Å². The number of aliphatic hydroxyl groups excluding tert-OH is 1. The van der Waals surface area contributed by atoms with Gasteiger partial charge < -0.3 is 30.7 Å². The molecule has 0 spiro atoms. The minimum Gasteiger partial charge on any atom is -0.482 e. The maximum absolute atomic E-state index is 13.3. The van der Waals surface area contributed by atoms with Crippen LogP contribution in [0.2, 0.25) is 0 Å². The first-order chi connectivity index (χ1) is 17.1. The van der Waals surface area contributed by atoms with Crippen LogP contribution < -0.4 is 10.5 Å². The molecule has 10 heteroatoms. The van der Waals surface area contributed by atoms with Gasteiger partial charge in [-0.1, -0.05) is 36.4 Å². The summed E-state index contributed by atoms with van der Waals surface area (Å²) in [6.07, 6.45) is -1.07. The molecule has 0 saturated carbocycles. The quantitative estimate of drug-likeness (QED) is 0.201. The lowest BCUT2D eigenvalue weighted by Crippen LogP contribution is -2.34. The summed E-state index contributed by atoms with van der Waals surface area (Å²) >= 11 is 0. The van der Waals surface area contributed by atoms with Crippen molar-refractivity contribution < 1.29 is 34.4 Å². The number of carboxylic acid groups (broad SMARTS) is 2. The number of nitrogens with zero attached hydrogens (tertiary/aromatic N) is 1. The number of aliphatic carboxylic acids is 1. The van der Waals surface area contributed by atoms with E-state index in [1.807, 2.05) is 0 Å². The van der Waals surface area contributed by atoms with Crippen molar-refractivity contribution in [2.75, 3.05) is 13.2 Å². The number of ether oxygens (including phenoxy) is 1. The number of carboxylic acids is 2. The number of nitrogens with two attached hydrogens (primary N) is 1. The Kier molecular flexibility index (Phi) is 8.37. The molecule has 0 heterocycles. The first kappa shape index (κ1) is 25.9. The zero-order valence-corrected chi connectivity index (χ0v) is 19.1. The summed E-state index contributed by atoms with van der Waals surface area (Å²) in [6, 6.07) is 18.5. The SMILES string of the molecule is N=C(N)c1ccc(C(=O)N(Cc2ccc(C(=O)O)cc2)CC(O)c2ccc(OCC(=O)O)cc2)cc1. The van der Waals surface area contributed by atoms with Gasteiger partial charge in [0.1, 0.15) is 11.6 Å². The van der Waals surface area contributed by atoms with Crippen LogP contribution in [0.3, 0.4) is 0 Å². The van der Waals surface area contributed by atoms with Gasteiger partial charge >= 0.3 is 11.9 Å². The van der Waals surface area contributed by atoms with Crippen molar-refractivity contribution in [3.63, 3.8) is 0 Å². The summed E-state index contributed by atoms with van der Waals surface area (Å²) in [5.74, 6) is -2.36. The van der Waals surface area contributed by atoms with Gasteiger partial charge in [-0.15, -0.1) is 0 Å². The van der Waals surface area contributed by atoms with E-state index in [1.54, 1.807) is 48.5 Å². The van der Waals surface area contributed by atoms with Crippen molar-refractivity contribution in [3.05, 3.63) is 101 Å². The average Bonchev–Trinajstić information content (AvgIpc) is 2.87. The lowest BCUT2D eigenvalue weighted by Gasteiger charge is -2.26. The van der Waals surface area contributed by atoms with Crippen molar-refractivity contribution in [3.8, 4) is 5.75 Å². The minimum absolute atomic E-state index is 0.0801. The molecule has 3 aromatic carbocycles. The number of hydrogen-bond donors (Lipinski definition) is 5. The molecule has 10 nitrogen and oxygen atoms in total. The van der Waals surface area contributed by atoms with E-state index in [1.165, 1.54) is 29.2 Å². The highest BCUT2D eigenvalue weighted by atomic mass is 16.5. The molecule has 1 unspecified atom stereocenters. The number of nitrogens with one attached hydrogen (secondary N) is 1. The van der Waals surface area contributed by atoms with Gasteiger partial charge in [-0.05, 0) is 47.5 Å². The Morgan fingerprint density at radius 1 is 0.861 bits per heavy atom. The van der Waals surface area contributed by atoms with Crippen LogP contribution in [0.25, 0.3) is 0 Å². The molecule has 0 aliphatic rings. The van der Waals surface area contributed by atoms with Crippen molar-refractivity contribution in [1.82, 2.24) is 4.90 Å². The van der Waals surface area contributed by atoms with Crippen molar-refractivity contribution in [2.24, 2.45) is 5.73 Å². The van der Waals surface area contributed by atoms with E-state index in [0.29, 0.717) is 28.0 Å². The standard InChI is InChI=1S/C26H25N3O7/c27-24(28)18-5-7-19(8-6-18)25(33)29(13-16-1-3-20(4-2-16)26(34)35)14-22(30)17-9-11-21(12-10-17)36-15-23(31)32/h1-12,22,30H,13-15H2,(H3,27,28)(H,31,32)(H,34,35). The summed E-state index contributed by atoms with van der Waals surface area (Å²) in [5, 5.41) is 36.2. The number of carbonyl (C=O) groups excluding carboxylic acids is 1. The molecule has 6 N–H and O–H groups in total. The molecule has 3 rings (SSSR count). The van der Waals surface area contributed by atoms with E-state index in [0.717, 1.165) is 0 Å². The van der Waals surface area contributed by atoms with Gasteiger partial charge in [0.05, 0.1) is 18.2 Å². The first-order valence-corrected chi connectivity index (χ1v) is 10.8. The smallest absolute Gasteiger partial charge is 0.341 e. The zero-order chi connectivity index (χ0) is 26.2. The molecular formula is C26H25N3O7. The number of benzene rings is 3. The van der Waals surface area contributed by atoms with E-state index in [9.17, 15) is 19.5 Å². The van der Waals surface area contributed by atoms with Crippen LogP contribution >= 0.6 is 0 Å². The summed E-state index contributed by atoms with van der Waals surface area (Å²) in [7, 11) is 0. The second kappa shape index (κ2) is 11.6. The van der Waals surface area contributed by atoms with Gasteiger partial charge in [0.2, 0.25) is 0 Å². The van der Waals surface area contributed by atoms with Gasteiger partial charge in [-0.2, -0.15) is 0 Å². The van der Waals surface area contributed by atoms with Gasteiger partial charge in [-0.3, -0.25) is 10.2 Å². The molecule has 0 aliphatic heterocycles. The maximum atomic E-state index is 13.3. The number of nitrogen functional groups attached to an aromatic ring is 1. The zero-order valence-electron chi connectivity index (χ0n) is 19.1. The second-order valence-corrected chi connectivity index (χ2v) is 7.95. The second-order valence-electron chi connectivity index (χ2n) is 7.95. The number of amidine groups is 1. The lowest BCUT2D eigenvalue weighted by atomic mass is 10.1. The van der Waals surface area contributed by atoms with Crippen molar-refractivity contribution >= 4 is 23.7 Å². The summed E-state index contributed by atoms with van der Waals surface area (Å²) in [5.41, 5.74) is 7.54. The third-order valence-corrected chi connectivity index (χ3v) is 5.32. The predicted molar refractivity (Wildman–Crippen MR) is 130 cm³/mol. The molecule has 186 valence electrons. The van der Waals surface area contributed by atoms with Crippen LogP contribution in [0, 0.1) is 5.41 Å². The fourth-order valence-corrected chi connectivity index (χ4v) is 3.41. The Balaban J connectivity index is 1.81. The molecule has 0 fully saturated rings. The molecule has 1 atom stereocenters. The highest BCUT2D eigenvalue weighted by Gasteiger charge is 2.21. The van der Waals surface area contributed by atoms with Crippen LogP contribution in [0.15, 0.2) is 72.8 Å². The molecule has 3 aromatic rings. The minimum atomic E-state index is -1.11. The summed E-state index contributed by atoms with van der Waals surface area (Å²) < 4.78 is 5.10. The summed E-state index contributed by atoms with van der Waals surface area (Å²) in [6.45, 7) is -0.472. The topological polar surface area (TPSA) is 174 Å². The number of amides is 1. The number of carbonyl (C=O) groups is 3. The van der Waals surface area contributed by atoms with Gasteiger partial charge in [-0.25, -0.2) is 9.59 Å². The molecule has 0 radical (unpaired) electrons. The normalized spacial score (nSPS) is 11.4. The van der Waals surface area contributed by atoms with Crippen LogP contribution in [0.1, 0.15) is 43.5 Å². The lowest BCUT2D eigenvalue weighted by molar-refractivity contribution is -0.139. The highest BCUT2D eigenvalue weighted by molar-refractivity contribution is 5.98. The number of hydrogen-bond acceptors (Lipinski definition) is 6. The predicted octanol–water partition coefficient (Wildman–Crippen LogP) is 2.51. The Bertz CT molecular complexity index is 1240. The first-order valence-electron chi connectivity index (χ1n) is 10.8. The van der Waals surface area contributed by atoms with Crippen LogP contribution in [0.5, 0.6) is 5.75 Å². The van der Waals surface area contributed by atoms with E-state index in [4.69, 9.17) is 26.1 Å². The Hall–Kier alpha value is -4.70. The molecular weight excluding hydrogens is 466 g/mol.